The zero-order valence-electron chi connectivity index (χ0n) is 16.4. The molecule has 0 unspecified atom stereocenters. The first-order valence-electron chi connectivity index (χ1n) is 9.10. The van der Waals surface area contributed by atoms with Crippen LogP contribution in [-0.2, 0) is 20.4 Å². The van der Waals surface area contributed by atoms with Gasteiger partial charge in [-0.3, -0.25) is 4.79 Å². The fourth-order valence-electron chi connectivity index (χ4n) is 3.45. The van der Waals surface area contributed by atoms with Crippen LogP contribution in [-0.4, -0.2) is 49.4 Å². The van der Waals surface area contributed by atoms with Crippen LogP contribution in [0.15, 0.2) is 34.5 Å². The number of aliphatic hydroxyl groups is 1. The first-order chi connectivity index (χ1) is 13.4. The molecule has 2 aromatic rings. The molecule has 0 saturated carbocycles. The largest absolute Gasteiger partial charge is 0.375 e. The summed E-state index contributed by atoms with van der Waals surface area (Å²) in [6.07, 6.45) is 0. The molecule has 2 heterocycles. The number of carbonyl (C=O) groups is 1. The van der Waals surface area contributed by atoms with Gasteiger partial charge >= 0.3 is 0 Å². The number of hydrogen-bond donors (Lipinski definition) is 2. The predicted octanol–water partition coefficient (Wildman–Crippen LogP) is 1.79. The van der Waals surface area contributed by atoms with Gasteiger partial charge in [0, 0.05) is 36.2 Å². The number of sulfonamides is 1. The molecule has 158 valence electrons. The maximum atomic E-state index is 13.4. The molecule has 1 aromatic heterocycles. The molecule has 0 bridgehead atoms. The van der Waals surface area contributed by atoms with E-state index >= 15 is 0 Å². The van der Waals surface area contributed by atoms with E-state index < -0.39 is 21.5 Å². The summed E-state index contributed by atoms with van der Waals surface area (Å²) in [6, 6.07) is 7.04. The van der Waals surface area contributed by atoms with E-state index in [4.69, 9.17) is 5.73 Å². The van der Waals surface area contributed by atoms with Crippen molar-refractivity contribution in [3.8, 4) is 0 Å². The Morgan fingerprint density at radius 1 is 1.31 bits per heavy atom. The number of primary amides is 1. The fraction of sp³-hybridized carbons (Fsp3) is 0.421. The van der Waals surface area contributed by atoms with Crippen molar-refractivity contribution in [2.24, 2.45) is 5.73 Å². The molecule has 3 N–H and O–H groups in total. The summed E-state index contributed by atoms with van der Waals surface area (Å²) in [5.74, 6) is -1.25. The van der Waals surface area contributed by atoms with E-state index in [1.54, 1.807) is 6.07 Å². The number of piperazine rings is 1. The number of rotatable bonds is 5. The van der Waals surface area contributed by atoms with Crippen molar-refractivity contribution in [2.75, 3.05) is 24.5 Å². The van der Waals surface area contributed by atoms with Crippen molar-refractivity contribution in [1.29, 1.82) is 0 Å². The molecule has 1 saturated heterocycles. The molecule has 1 aromatic carbocycles. The SMILES string of the molecule is Cc1cc(F)ccc1N1CCN(S(=O)(=O)c2ccc([C@@](C)(O)C(N)=O)s2)[C@H](C)C1. The lowest BCUT2D eigenvalue weighted by molar-refractivity contribution is -0.135. The smallest absolute Gasteiger partial charge is 0.254 e. The number of thiophene rings is 1. The highest BCUT2D eigenvalue weighted by Gasteiger charge is 2.37. The van der Waals surface area contributed by atoms with Crippen LogP contribution in [0.25, 0.3) is 0 Å². The molecule has 1 amide bonds. The van der Waals surface area contributed by atoms with Crippen LogP contribution in [0.3, 0.4) is 0 Å². The number of amides is 1. The van der Waals surface area contributed by atoms with Crippen LogP contribution in [0.2, 0.25) is 0 Å². The summed E-state index contributed by atoms with van der Waals surface area (Å²) in [6.45, 7) is 6.07. The minimum Gasteiger partial charge on any atom is -0.375 e. The van der Waals surface area contributed by atoms with E-state index in [0.29, 0.717) is 13.1 Å². The molecule has 0 radical (unpaired) electrons. The zero-order chi connectivity index (χ0) is 21.6. The molecular formula is C19H24FN3O4S2. The van der Waals surface area contributed by atoms with Gasteiger partial charge in [-0.2, -0.15) is 4.31 Å². The molecular weight excluding hydrogens is 417 g/mol. The van der Waals surface area contributed by atoms with Gasteiger partial charge in [0.05, 0.1) is 0 Å². The number of nitrogens with two attached hydrogens (primary N) is 1. The molecule has 1 fully saturated rings. The standard InChI is InChI=1S/C19H24FN3O4S2/c1-12-10-14(20)4-5-15(12)22-8-9-23(13(2)11-22)29(26,27)17-7-6-16(28-17)19(3,25)18(21)24/h4-7,10,13,25H,8-9,11H2,1-3H3,(H2,21,24)/t13-,19-/m1/s1. The Morgan fingerprint density at radius 3 is 2.59 bits per heavy atom. The molecule has 0 aliphatic carbocycles. The highest BCUT2D eigenvalue weighted by Crippen LogP contribution is 2.34. The number of benzene rings is 1. The van der Waals surface area contributed by atoms with E-state index in [1.807, 2.05) is 18.7 Å². The summed E-state index contributed by atoms with van der Waals surface area (Å²) >= 11 is 0.836. The quantitative estimate of drug-likeness (QED) is 0.736. The van der Waals surface area contributed by atoms with Gasteiger partial charge in [-0.05, 0) is 56.7 Å². The molecule has 1 aliphatic rings. The Bertz CT molecular complexity index is 1040. The lowest BCUT2D eigenvalue weighted by atomic mass is 10.1. The molecule has 3 rings (SSSR count). The Hall–Kier alpha value is -2.01. The summed E-state index contributed by atoms with van der Waals surface area (Å²) in [5.41, 5.74) is 4.96. The Labute approximate surface area is 173 Å². The fourth-order valence-corrected chi connectivity index (χ4v) is 6.55. The third-order valence-electron chi connectivity index (χ3n) is 5.17. The number of halogens is 1. The van der Waals surface area contributed by atoms with Gasteiger partial charge in [0.25, 0.3) is 15.9 Å². The Morgan fingerprint density at radius 2 is 2.00 bits per heavy atom. The van der Waals surface area contributed by atoms with Crippen molar-refractivity contribution in [1.82, 2.24) is 4.31 Å². The van der Waals surface area contributed by atoms with Crippen LogP contribution in [0, 0.1) is 12.7 Å². The minimum absolute atomic E-state index is 0.0484. The number of carbonyl (C=O) groups excluding carboxylic acids is 1. The zero-order valence-corrected chi connectivity index (χ0v) is 18.1. The van der Waals surface area contributed by atoms with Crippen molar-refractivity contribution in [2.45, 2.75) is 36.6 Å². The minimum atomic E-state index is -3.80. The van der Waals surface area contributed by atoms with Gasteiger partial charge in [0.1, 0.15) is 10.0 Å². The van der Waals surface area contributed by atoms with Crippen LogP contribution in [0.1, 0.15) is 24.3 Å². The van der Waals surface area contributed by atoms with Crippen molar-refractivity contribution in [3.05, 3.63) is 46.6 Å². The second kappa shape index (κ2) is 7.67. The molecule has 29 heavy (non-hydrogen) atoms. The van der Waals surface area contributed by atoms with Crippen LogP contribution in [0.5, 0.6) is 0 Å². The van der Waals surface area contributed by atoms with E-state index in [1.165, 1.54) is 35.5 Å². The van der Waals surface area contributed by atoms with Gasteiger partial charge in [0.15, 0.2) is 5.60 Å². The summed E-state index contributed by atoms with van der Waals surface area (Å²) in [4.78, 5) is 13.7. The average molecular weight is 442 g/mol. The van der Waals surface area contributed by atoms with Gasteiger partial charge in [0.2, 0.25) is 0 Å². The molecule has 2 atom stereocenters. The van der Waals surface area contributed by atoms with Crippen LogP contribution in [0.4, 0.5) is 10.1 Å². The number of hydrogen-bond acceptors (Lipinski definition) is 6. The Kier molecular flexibility index (Phi) is 5.74. The number of anilines is 1. The summed E-state index contributed by atoms with van der Waals surface area (Å²) < 4.78 is 41.1. The maximum Gasteiger partial charge on any atom is 0.254 e. The molecule has 0 spiro atoms. The van der Waals surface area contributed by atoms with E-state index in [-0.39, 0.29) is 27.5 Å². The first-order valence-corrected chi connectivity index (χ1v) is 11.4. The lowest BCUT2D eigenvalue weighted by Gasteiger charge is -2.40. The molecule has 10 heteroatoms. The third-order valence-corrected chi connectivity index (χ3v) is 8.95. The van der Waals surface area contributed by atoms with Crippen LogP contribution < -0.4 is 10.6 Å². The van der Waals surface area contributed by atoms with Crippen molar-refractivity contribution >= 4 is 33.0 Å². The third kappa shape index (κ3) is 4.02. The lowest BCUT2D eigenvalue weighted by Crippen LogP contribution is -2.54. The van der Waals surface area contributed by atoms with E-state index in [9.17, 15) is 22.7 Å². The van der Waals surface area contributed by atoms with Crippen molar-refractivity contribution in [3.63, 3.8) is 0 Å². The Balaban J connectivity index is 1.81. The monoisotopic (exact) mass is 441 g/mol. The second-order valence-corrected chi connectivity index (χ2v) is 10.6. The van der Waals surface area contributed by atoms with Crippen molar-refractivity contribution < 1.29 is 22.7 Å². The second-order valence-electron chi connectivity index (χ2n) is 7.40. The summed E-state index contributed by atoms with van der Waals surface area (Å²) in [5, 5.41) is 10.2. The average Bonchev–Trinajstić information content (AvgIpc) is 3.13. The van der Waals surface area contributed by atoms with E-state index in [0.717, 1.165) is 22.6 Å². The first kappa shape index (κ1) is 21.7. The highest BCUT2D eigenvalue weighted by atomic mass is 32.2. The summed E-state index contributed by atoms with van der Waals surface area (Å²) in [7, 11) is -3.80. The predicted molar refractivity (Wildman–Crippen MR) is 110 cm³/mol. The van der Waals surface area contributed by atoms with Gasteiger partial charge in [-0.25, -0.2) is 12.8 Å². The number of nitrogens with zero attached hydrogens (tertiary/aromatic N) is 2. The van der Waals surface area contributed by atoms with Gasteiger partial charge < -0.3 is 15.7 Å². The van der Waals surface area contributed by atoms with Gasteiger partial charge in [-0.1, -0.05) is 0 Å². The molecule has 1 aliphatic heterocycles. The maximum absolute atomic E-state index is 13.4. The topological polar surface area (TPSA) is 104 Å². The van der Waals surface area contributed by atoms with E-state index in [2.05, 4.69) is 0 Å². The normalized spacial score (nSPS) is 20.4. The number of aryl methyl sites for hydroxylation is 1. The highest BCUT2D eigenvalue weighted by molar-refractivity contribution is 7.91. The van der Waals surface area contributed by atoms with Crippen LogP contribution >= 0.6 is 11.3 Å². The van der Waals surface area contributed by atoms with Gasteiger partial charge in [-0.15, -0.1) is 11.3 Å². The molecule has 7 nitrogen and oxygen atoms in total.